The summed E-state index contributed by atoms with van der Waals surface area (Å²) >= 11 is 0. The number of nitrogens with zero attached hydrogens (tertiary/aromatic N) is 3. The van der Waals surface area contributed by atoms with Crippen LogP contribution in [0, 0.1) is 42.2 Å². The minimum absolute atomic E-state index is 0.0893. The number of amides is 1. The fourth-order valence-corrected chi connectivity index (χ4v) is 3.26. The fourth-order valence-electron chi connectivity index (χ4n) is 3.26. The maximum absolute atomic E-state index is 12.5. The van der Waals surface area contributed by atoms with E-state index in [9.17, 15) is 25.0 Å². The summed E-state index contributed by atoms with van der Waals surface area (Å²) < 4.78 is 12.2. The molecular weight excluding hydrogens is 416 g/mol. The molecule has 0 aliphatic carbocycles. The molecule has 1 amide bonds. The third kappa shape index (κ3) is 4.52. The van der Waals surface area contributed by atoms with Gasteiger partial charge in [-0.05, 0) is 50.6 Å². The average molecular weight is 436 g/mol. The van der Waals surface area contributed by atoms with E-state index in [4.69, 9.17) is 9.15 Å². The van der Waals surface area contributed by atoms with E-state index >= 15 is 0 Å². The van der Waals surface area contributed by atoms with Gasteiger partial charge in [0.2, 0.25) is 0 Å². The smallest absolute Gasteiger partial charge is 0.338 e. The highest BCUT2D eigenvalue weighted by Gasteiger charge is 2.21. The number of esters is 1. The third-order valence-electron chi connectivity index (χ3n) is 5.06. The molecule has 0 unspecified atom stereocenters. The molecular formula is C22H20N4O6. The van der Waals surface area contributed by atoms with Crippen molar-refractivity contribution >= 4 is 23.4 Å². The Morgan fingerprint density at radius 2 is 2.03 bits per heavy atom. The van der Waals surface area contributed by atoms with E-state index in [1.807, 2.05) is 6.92 Å². The first-order valence-electron chi connectivity index (χ1n) is 9.57. The second-order valence-electron chi connectivity index (χ2n) is 7.09. The van der Waals surface area contributed by atoms with Crippen LogP contribution in [-0.4, -0.2) is 28.0 Å². The number of aryl methyl sites for hydroxylation is 1. The zero-order valence-corrected chi connectivity index (χ0v) is 17.7. The zero-order valence-electron chi connectivity index (χ0n) is 17.7. The SMILES string of the molecule is Cc1cc(C(=O)OCC(=O)Nc2c(C#N)c(C)c(C)n2Cc2ccco2)ccc1[N+](=O)[O-]. The molecule has 0 bridgehead atoms. The molecule has 0 radical (unpaired) electrons. The second-order valence-corrected chi connectivity index (χ2v) is 7.09. The number of aromatic nitrogens is 1. The lowest BCUT2D eigenvalue weighted by atomic mass is 10.1. The van der Waals surface area contributed by atoms with Crippen molar-refractivity contribution in [2.45, 2.75) is 27.3 Å². The molecule has 10 nitrogen and oxygen atoms in total. The number of nitro groups is 1. The fraction of sp³-hybridized carbons (Fsp3) is 0.227. The number of nitro benzene ring substituents is 1. The van der Waals surface area contributed by atoms with Crippen molar-refractivity contribution < 1.29 is 23.7 Å². The molecule has 3 rings (SSSR count). The van der Waals surface area contributed by atoms with Gasteiger partial charge in [0.1, 0.15) is 17.6 Å². The van der Waals surface area contributed by atoms with E-state index in [-0.39, 0.29) is 17.1 Å². The molecule has 0 spiro atoms. The average Bonchev–Trinajstić information content (AvgIpc) is 3.34. The van der Waals surface area contributed by atoms with Crippen molar-refractivity contribution in [2.24, 2.45) is 0 Å². The third-order valence-corrected chi connectivity index (χ3v) is 5.06. The van der Waals surface area contributed by atoms with Crippen LogP contribution in [0.25, 0.3) is 0 Å². The second kappa shape index (κ2) is 9.18. The summed E-state index contributed by atoms with van der Waals surface area (Å²) in [4.78, 5) is 35.1. The first-order chi connectivity index (χ1) is 15.2. The molecule has 0 atom stereocenters. The summed E-state index contributed by atoms with van der Waals surface area (Å²) in [5.74, 6) is -0.502. The number of hydrogen-bond acceptors (Lipinski definition) is 7. The van der Waals surface area contributed by atoms with E-state index in [0.717, 1.165) is 5.69 Å². The Morgan fingerprint density at radius 1 is 1.28 bits per heavy atom. The highest BCUT2D eigenvalue weighted by Crippen LogP contribution is 2.27. The molecule has 0 saturated heterocycles. The van der Waals surface area contributed by atoms with Crippen LogP contribution >= 0.6 is 0 Å². The lowest BCUT2D eigenvalue weighted by molar-refractivity contribution is -0.385. The van der Waals surface area contributed by atoms with Gasteiger partial charge in [-0.25, -0.2) is 4.79 Å². The molecule has 0 saturated carbocycles. The van der Waals surface area contributed by atoms with Crippen LogP contribution in [0.1, 0.15) is 38.5 Å². The predicted molar refractivity (Wildman–Crippen MR) is 113 cm³/mol. The van der Waals surface area contributed by atoms with Gasteiger partial charge in [0.05, 0.1) is 28.9 Å². The Bertz CT molecular complexity index is 1230. The maximum atomic E-state index is 12.5. The topological polar surface area (TPSA) is 140 Å². The molecule has 1 N–H and O–H groups in total. The molecule has 1 aromatic carbocycles. The van der Waals surface area contributed by atoms with Crippen LogP contribution in [0.3, 0.4) is 0 Å². The number of benzene rings is 1. The molecule has 164 valence electrons. The quantitative estimate of drug-likeness (QED) is 0.339. The number of nitriles is 1. The van der Waals surface area contributed by atoms with Crippen LogP contribution in [0.5, 0.6) is 0 Å². The minimum Gasteiger partial charge on any atom is -0.467 e. The number of ether oxygens (including phenoxy) is 1. The normalized spacial score (nSPS) is 10.4. The Hall–Kier alpha value is -4.39. The summed E-state index contributed by atoms with van der Waals surface area (Å²) in [7, 11) is 0. The van der Waals surface area contributed by atoms with Crippen molar-refractivity contribution in [1.29, 1.82) is 5.26 Å². The van der Waals surface area contributed by atoms with E-state index in [1.165, 1.54) is 31.4 Å². The lowest BCUT2D eigenvalue weighted by Gasteiger charge is -2.12. The molecule has 0 fully saturated rings. The molecule has 0 aliphatic heterocycles. The van der Waals surface area contributed by atoms with Crippen LogP contribution in [0.4, 0.5) is 11.5 Å². The van der Waals surface area contributed by atoms with Crippen molar-refractivity contribution in [3.63, 3.8) is 0 Å². The van der Waals surface area contributed by atoms with Crippen LogP contribution in [-0.2, 0) is 16.1 Å². The van der Waals surface area contributed by atoms with Gasteiger partial charge in [0.15, 0.2) is 6.61 Å². The van der Waals surface area contributed by atoms with Gasteiger partial charge in [0, 0.05) is 17.3 Å². The van der Waals surface area contributed by atoms with Crippen molar-refractivity contribution in [3.8, 4) is 6.07 Å². The number of nitrogens with one attached hydrogen (secondary N) is 1. The Morgan fingerprint density at radius 3 is 2.62 bits per heavy atom. The highest BCUT2D eigenvalue weighted by atomic mass is 16.6. The summed E-state index contributed by atoms with van der Waals surface area (Å²) in [6.07, 6.45) is 1.53. The van der Waals surface area contributed by atoms with Crippen molar-refractivity contribution in [3.05, 3.63) is 80.4 Å². The Kier molecular flexibility index (Phi) is 6.39. The van der Waals surface area contributed by atoms with Gasteiger partial charge in [-0.1, -0.05) is 0 Å². The number of carbonyl (C=O) groups excluding carboxylic acids is 2. The van der Waals surface area contributed by atoms with Crippen LogP contribution < -0.4 is 5.32 Å². The molecule has 3 aromatic rings. The van der Waals surface area contributed by atoms with Gasteiger partial charge >= 0.3 is 5.97 Å². The van der Waals surface area contributed by atoms with E-state index in [1.54, 1.807) is 23.6 Å². The van der Waals surface area contributed by atoms with Gasteiger partial charge in [0.25, 0.3) is 11.6 Å². The summed E-state index contributed by atoms with van der Waals surface area (Å²) in [5, 5.41) is 23.1. The van der Waals surface area contributed by atoms with Crippen LogP contribution in [0.15, 0.2) is 41.0 Å². The van der Waals surface area contributed by atoms with Gasteiger partial charge in [-0.2, -0.15) is 5.26 Å². The molecule has 32 heavy (non-hydrogen) atoms. The number of anilines is 1. The number of rotatable bonds is 7. The lowest BCUT2D eigenvalue weighted by Crippen LogP contribution is -2.23. The summed E-state index contributed by atoms with van der Waals surface area (Å²) in [6.45, 7) is 4.82. The monoisotopic (exact) mass is 436 g/mol. The molecule has 2 heterocycles. The predicted octanol–water partition coefficient (Wildman–Crippen LogP) is 3.63. The van der Waals surface area contributed by atoms with Gasteiger partial charge in [-0.15, -0.1) is 0 Å². The van der Waals surface area contributed by atoms with Gasteiger partial charge in [-0.3, -0.25) is 14.9 Å². The van der Waals surface area contributed by atoms with E-state index in [2.05, 4.69) is 11.4 Å². The maximum Gasteiger partial charge on any atom is 0.338 e. The molecule has 2 aromatic heterocycles. The largest absolute Gasteiger partial charge is 0.467 e. The number of hydrogen-bond donors (Lipinski definition) is 1. The van der Waals surface area contributed by atoms with E-state index < -0.39 is 23.4 Å². The molecule has 0 aliphatic rings. The van der Waals surface area contributed by atoms with Gasteiger partial charge < -0.3 is 19.0 Å². The minimum atomic E-state index is -0.794. The highest BCUT2D eigenvalue weighted by molar-refractivity contribution is 5.96. The van der Waals surface area contributed by atoms with Crippen molar-refractivity contribution in [2.75, 3.05) is 11.9 Å². The van der Waals surface area contributed by atoms with E-state index in [0.29, 0.717) is 29.0 Å². The zero-order chi connectivity index (χ0) is 23.4. The first-order valence-corrected chi connectivity index (χ1v) is 9.57. The molecule has 10 heteroatoms. The number of furan rings is 1. The number of carbonyl (C=O) groups is 2. The Balaban J connectivity index is 1.73. The summed E-state index contributed by atoms with van der Waals surface area (Å²) in [6, 6.07) is 9.41. The van der Waals surface area contributed by atoms with Crippen molar-refractivity contribution in [1.82, 2.24) is 4.57 Å². The van der Waals surface area contributed by atoms with Crippen LogP contribution in [0.2, 0.25) is 0 Å². The first kappa shape index (κ1) is 22.3. The standard InChI is InChI=1S/C22H20N4O6/c1-13-9-16(6-7-19(13)26(29)30)22(28)32-12-20(27)24-21-18(10-23)14(2)15(3)25(21)11-17-5-4-8-31-17/h4-9H,11-12H2,1-3H3,(H,24,27). The summed E-state index contributed by atoms with van der Waals surface area (Å²) in [5.41, 5.74) is 2.08. The Labute approximate surface area is 183 Å².